The van der Waals surface area contributed by atoms with Crippen molar-refractivity contribution in [2.45, 2.75) is 165 Å². The number of nitrogens with one attached hydrogen (secondary N) is 1. The normalized spacial score (nSPS) is 39.1. The van der Waals surface area contributed by atoms with E-state index in [0.29, 0.717) is 30.1 Å². The van der Waals surface area contributed by atoms with Crippen molar-refractivity contribution in [1.82, 2.24) is 5.32 Å². The van der Waals surface area contributed by atoms with Crippen LogP contribution >= 0.6 is 0 Å². The second-order valence-corrected chi connectivity index (χ2v) is 20.6. The molecule has 6 rings (SSSR count). The highest BCUT2D eigenvalue weighted by Gasteiger charge is 2.70. The van der Waals surface area contributed by atoms with Gasteiger partial charge in [0.1, 0.15) is 6.10 Å². The first-order chi connectivity index (χ1) is 24.2. The van der Waals surface area contributed by atoms with Gasteiger partial charge in [-0.3, -0.25) is 19.2 Å². The molecule has 0 saturated heterocycles. The zero-order chi connectivity index (χ0) is 38.1. The number of amides is 1. The van der Waals surface area contributed by atoms with E-state index in [1.165, 1.54) is 37.7 Å². The highest BCUT2D eigenvalue weighted by molar-refractivity contribution is 6.01. The maximum atomic E-state index is 14.0. The van der Waals surface area contributed by atoms with Crippen LogP contribution in [0.2, 0.25) is 0 Å². The summed E-state index contributed by atoms with van der Waals surface area (Å²) >= 11 is 0. The SMILES string of the molecule is CC(C)C1=C2C3CCC4C5(C)CCC(OC(=O)CC(C)(C)C(=O)O)C(C)(C)C5CCC4(C)C3(C)CCC2(C=CC(=O)NCC2CCCCC2)CC1=O. The molecule has 2 N–H and O–H groups in total. The molecule has 7 nitrogen and oxygen atoms in total. The molecular formula is C45H69NO6. The Morgan fingerprint density at radius 3 is 2.23 bits per heavy atom. The van der Waals surface area contributed by atoms with Crippen molar-refractivity contribution in [3.63, 3.8) is 0 Å². The van der Waals surface area contributed by atoms with Crippen molar-refractivity contribution in [1.29, 1.82) is 0 Å². The number of carboxylic acids is 1. The minimum Gasteiger partial charge on any atom is -0.481 e. The molecule has 6 aliphatic carbocycles. The summed E-state index contributed by atoms with van der Waals surface area (Å²) in [5, 5.41) is 12.8. The lowest BCUT2D eigenvalue weighted by molar-refractivity contribution is -0.232. The third-order valence-corrected chi connectivity index (χ3v) is 16.7. The van der Waals surface area contributed by atoms with Crippen LogP contribution in [0, 0.1) is 62.1 Å². The fourth-order valence-corrected chi connectivity index (χ4v) is 13.6. The van der Waals surface area contributed by atoms with Crippen LogP contribution in [-0.2, 0) is 23.9 Å². The lowest BCUT2D eigenvalue weighted by Crippen LogP contribution is -2.65. The average molecular weight is 720 g/mol. The van der Waals surface area contributed by atoms with Crippen molar-refractivity contribution in [2.75, 3.05) is 6.54 Å². The van der Waals surface area contributed by atoms with E-state index in [1.54, 1.807) is 19.9 Å². The van der Waals surface area contributed by atoms with E-state index in [0.717, 1.165) is 63.5 Å². The number of hydrogen-bond donors (Lipinski definition) is 2. The zero-order valence-corrected chi connectivity index (χ0v) is 33.9. The Labute approximate surface area is 313 Å². The fourth-order valence-electron chi connectivity index (χ4n) is 13.6. The van der Waals surface area contributed by atoms with Gasteiger partial charge in [0.05, 0.1) is 11.8 Å². The summed E-state index contributed by atoms with van der Waals surface area (Å²) in [6.45, 7) is 20.5. The second kappa shape index (κ2) is 13.7. The molecular weight excluding hydrogens is 650 g/mol. The average Bonchev–Trinajstić information content (AvgIpc) is 3.37. The van der Waals surface area contributed by atoms with Gasteiger partial charge in [-0.1, -0.05) is 73.8 Å². The summed E-state index contributed by atoms with van der Waals surface area (Å²) in [4.78, 5) is 52.0. The molecule has 7 heteroatoms. The van der Waals surface area contributed by atoms with E-state index in [4.69, 9.17) is 4.74 Å². The van der Waals surface area contributed by atoms with E-state index < -0.39 is 17.4 Å². The second-order valence-electron chi connectivity index (χ2n) is 20.6. The number of aliphatic carboxylic acids is 1. The van der Waals surface area contributed by atoms with Gasteiger partial charge in [-0.05, 0) is 141 Å². The molecule has 1 amide bonds. The van der Waals surface area contributed by atoms with E-state index in [1.807, 2.05) is 0 Å². The van der Waals surface area contributed by atoms with Crippen LogP contribution in [0.4, 0.5) is 0 Å². The summed E-state index contributed by atoms with van der Waals surface area (Å²) in [6, 6.07) is 0. The van der Waals surface area contributed by atoms with Crippen LogP contribution in [0.25, 0.3) is 0 Å². The Kier molecular flexibility index (Phi) is 10.3. The van der Waals surface area contributed by atoms with E-state index in [-0.39, 0.29) is 57.2 Å². The summed E-state index contributed by atoms with van der Waals surface area (Å²) < 4.78 is 6.17. The van der Waals surface area contributed by atoms with E-state index in [9.17, 15) is 24.3 Å². The zero-order valence-electron chi connectivity index (χ0n) is 33.9. The molecule has 0 radical (unpaired) electrons. The van der Waals surface area contributed by atoms with Gasteiger partial charge in [0, 0.05) is 23.8 Å². The van der Waals surface area contributed by atoms with Crippen molar-refractivity contribution < 1.29 is 29.0 Å². The Morgan fingerprint density at radius 1 is 0.885 bits per heavy atom. The predicted molar refractivity (Wildman–Crippen MR) is 204 cm³/mol. The minimum absolute atomic E-state index is 0.0190. The van der Waals surface area contributed by atoms with E-state index >= 15 is 0 Å². The number of esters is 1. The summed E-state index contributed by atoms with van der Waals surface area (Å²) in [5.74, 6) is 0.799. The maximum Gasteiger partial charge on any atom is 0.309 e. The van der Waals surface area contributed by atoms with Crippen LogP contribution in [0.3, 0.4) is 0 Å². The number of hydrogen-bond acceptors (Lipinski definition) is 5. The van der Waals surface area contributed by atoms with Gasteiger partial charge in [0.15, 0.2) is 5.78 Å². The molecule has 0 aromatic rings. The number of rotatable bonds is 9. The molecule has 0 heterocycles. The lowest BCUT2D eigenvalue weighted by atomic mass is 9.33. The van der Waals surface area contributed by atoms with Crippen LogP contribution in [0.5, 0.6) is 0 Å². The van der Waals surface area contributed by atoms with Crippen LogP contribution in [0.15, 0.2) is 23.3 Å². The number of Topliss-reactive ketones (excluding diaryl/α,β-unsaturated/α-hetero) is 1. The highest BCUT2D eigenvalue weighted by atomic mass is 16.5. The number of carbonyl (C=O) groups is 4. The molecule has 0 aromatic carbocycles. The van der Waals surface area contributed by atoms with Gasteiger partial charge >= 0.3 is 11.9 Å². The van der Waals surface area contributed by atoms with Crippen molar-refractivity contribution in [3.8, 4) is 0 Å². The topological polar surface area (TPSA) is 110 Å². The number of carbonyl (C=O) groups excluding carboxylic acids is 3. The molecule has 0 aromatic heterocycles. The Balaban J connectivity index is 1.25. The number of allylic oxidation sites excluding steroid dienone is 3. The van der Waals surface area contributed by atoms with Crippen LogP contribution < -0.4 is 5.32 Å². The molecule has 0 aliphatic heterocycles. The van der Waals surface area contributed by atoms with Crippen molar-refractivity contribution in [3.05, 3.63) is 23.3 Å². The summed E-state index contributed by atoms with van der Waals surface area (Å²) in [5.41, 5.74) is 0.843. The molecule has 8 unspecified atom stereocenters. The third-order valence-electron chi connectivity index (χ3n) is 16.7. The number of carboxylic acid groups (broad SMARTS) is 1. The van der Waals surface area contributed by atoms with Gasteiger partial charge in [-0.2, -0.15) is 0 Å². The largest absolute Gasteiger partial charge is 0.481 e. The quantitative estimate of drug-likeness (QED) is 0.181. The van der Waals surface area contributed by atoms with Crippen molar-refractivity contribution >= 4 is 23.6 Å². The number of ketones is 1. The first-order valence-corrected chi connectivity index (χ1v) is 20.9. The van der Waals surface area contributed by atoms with Crippen LogP contribution in [-0.4, -0.2) is 41.4 Å². The monoisotopic (exact) mass is 720 g/mol. The maximum absolute atomic E-state index is 14.0. The molecule has 6 aliphatic rings. The van der Waals surface area contributed by atoms with Crippen molar-refractivity contribution in [2.24, 2.45) is 62.1 Å². The third kappa shape index (κ3) is 6.34. The summed E-state index contributed by atoms with van der Waals surface area (Å²) in [7, 11) is 0. The molecule has 0 spiro atoms. The first kappa shape index (κ1) is 39.3. The Bertz CT molecular complexity index is 1510. The molecule has 290 valence electrons. The number of fused-ring (bicyclic) bond motifs is 7. The molecule has 52 heavy (non-hydrogen) atoms. The van der Waals surface area contributed by atoms with Gasteiger partial charge in [-0.25, -0.2) is 0 Å². The molecule has 5 fully saturated rings. The van der Waals surface area contributed by atoms with Gasteiger partial charge < -0.3 is 15.2 Å². The fraction of sp³-hybridized carbons (Fsp3) is 0.822. The number of ether oxygens (including phenoxy) is 1. The Morgan fingerprint density at radius 2 is 1.58 bits per heavy atom. The van der Waals surface area contributed by atoms with E-state index in [2.05, 4.69) is 59.9 Å². The van der Waals surface area contributed by atoms with Crippen LogP contribution in [0.1, 0.15) is 159 Å². The summed E-state index contributed by atoms with van der Waals surface area (Å²) in [6.07, 6.45) is 18.4. The molecule has 5 saturated carbocycles. The molecule has 8 atom stereocenters. The smallest absolute Gasteiger partial charge is 0.309 e. The standard InChI is InChI=1S/C45H69NO6/c1-28(2)37-31(47)25-45(22-19-35(48)46-27-29-13-11-10-12-14-29)24-23-43(8)30(38(37)45)15-16-33-42(7)20-18-34(52-36(49)26-40(3,4)39(50)51)41(5,6)32(42)17-21-44(33,43)9/h19,22,28-30,32-34H,10-18,20-21,23-27H2,1-9H3,(H,46,48)(H,50,51). The van der Waals surface area contributed by atoms with Gasteiger partial charge in [0.25, 0.3) is 0 Å². The minimum atomic E-state index is -1.16. The predicted octanol–water partition coefficient (Wildman–Crippen LogP) is 9.63. The van der Waals surface area contributed by atoms with Gasteiger partial charge in [-0.15, -0.1) is 0 Å². The highest BCUT2D eigenvalue weighted by Crippen LogP contribution is 2.77. The molecule has 0 bridgehead atoms. The Hall–Kier alpha value is -2.44. The lowest BCUT2D eigenvalue weighted by Gasteiger charge is -2.72. The van der Waals surface area contributed by atoms with Gasteiger partial charge in [0.2, 0.25) is 5.91 Å². The first-order valence-electron chi connectivity index (χ1n) is 20.9.